The molecule has 0 amide bonds. The molecular weight excluding hydrogens is 1380 g/mol. The lowest BCUT2D eigenvalue weighted by Crippen LogP contribution is -2.50. The lowest BCUT2D eigenvalue weighted by atomic mass is 9.76. The Bertz CT molecular complexity index is 2660. The SMILES string of the molecule is C=C(C)C(=O)COC.C=C(C)C(=O)OC.C=C(C)C(=O)OC.C=C(C)C(=O)OC1CCC(C(C)(O)C(F)(F)F)CC1.C=CC(=O)OC.CC(C)(O)CC1CC2CCC1C2.CC(O)(C1CC2CCC1C2)C(F)(F)F.CC(O)(CC1CC2CCC1C2)C(F)(F)F.CC(O)(CC1CC2CCC1C2)C(F)(F)F. The fourth-order valence-electron chi connectivity index (χ4n) is 15.8. The molecule has 598 valence electrons. The zero-order valence-electron chi connectivity index (χ0n) is 63.0. The zero-order chi connectivity index (χ0) is 80.0. The average molecular weight is 1500 g/mol. The molecule has 0 aromatic rings. The van der Waals surface area contributed by atoms with Gasteiger partial charge < -0.3 is 49.2 Å². The summed E-state index contributed by atoms with van der Waals surface area (Å²) < 4.78 is 173. The number of rotatable bonds is 16. The summed E-state index contributed by atoms with van der Waals surface area (Å²) in [4.78, 5) is 52.0. The molecule has 15 nitrogen and oxygen atoms in total. The first-order chi connectivity index (χ1) is 46.9. The smallest absolute Gasteiger partial charge is 0.417 e. The Hall–Kier alpha value is -4.83. The number of halogens is 12. The minimum atomic E-state index is -4.64. The van der Waals surface area contributed by atoms with Crippen LogP contribution in [-0.4, -0.2) is 149 Å². The molecule has 16 unspecified atom stereocenters. The number of aliphatic hydroxyl groups is 5. The molecular formula is C76H120F12O15. The predicted molar refractivity (Wildman–Crippen MR) is 367 cm³/mol. The molecule has 9 aliphatic carbocycles. The van der Waals surface area contributed by atoms with E-state index in [9.17, 15) is 102 Å². The summed E-state index contributed by atoms with van der Waals surface area (Å²) in [5.74, 6) is 2.56. The van der Waals surface area contributed by atoms with Gasteiger partial charge in [-0.05, 0) is 274 Å². The van der Waals surface area contributed by atoms with Crippen LogP contribution in [0.1, 0.15) is 217 Å². The van der Waals surface area contributed by atoms with Gasteiger partial charge in [-0.15, -0.1) is 0 Å². The maximum atomic E-state index is 12.7. The van der Waals surface area contributed by atoms with E-state index in [4.69, 9.17) is 4.74 Å². The fourth-order valence-corrected chi connectivity index (χ4v) is 15.8. The van der Waals surface area contributed by atoms with Crippen molar-refractivity contribution in [3.63, 3.8) is 0 Å². The molecule has 103 heavy (non-hydrogen) atoms. The highest BCUT2D eigenvalue weighted by Crippen LogP contribution is 2.57. The summed E-state index contributed by atoms with van der Waals surface area (Å²) in [7, 11) is 5.46. The molecule has 9 fully saturated rings. The van der Waals surface area contributed by atoms with Crippen molar-refractivity contribution in [1.82, 2.24) is 0 Å². The second kappa shape index (κ2) is 40.9. The summed E-state index contributed by atoms with van der Waals surface area (Å²) in [6.45, 7) is 30.7. The van der Waals surface area contributed by atoms with Gasteiger partial charge in [0.25, 0.3) is 0 Å². The predicted octanol–water partition coefficient (Wildman–Crippen LogP) is 17.1. The van der Waals surface area contributed by atoms with Crippen molar-refractivity contribution in [2.75, 3.05) is 35.0 Å². The van der Waals surface area contributed by atoms with Crippen molar-refractivity contribution < 1.29 is 126 Å². The molecule has 8 bridgehead atoms. The molecule has 0 aromatic carbocycles. The summed E-state index contributed by atoms with van der Waals surface area (Å²) in [6, 6.07) is 0. The Labute approximate surface area is 602 Å². The number of carbonyl (C=O) groups excluding carboxylic acids is 5. The van der Waals surface area contributed by atoms with Crippen LogP contribution in [0.3, 0.4) is 0 Å². The molecule has 0 aromatic heterocycles. The maximum absolute atomic E-state index is 12.7. The molecule has 9 rings (SSSR count). The van der Waals surface area contributed by atoms with E-state index in [1.165, 1.54) is 73.9 Å². The van der Waals surface area contributed by atoms with Gasteiger partial charge in [0.2, 0.25) is 0 Å². The van der Waals surface area contributed by atoms with Crippen molar-refractivity contribution in [2.24, 2.45) is 76.9 Å². The second-order valence-corrected chi connectivity index (χ2v) is 31.4. The van der Waals surface area contributed by atoms with Crippen LogP contribution in [0.4, 0.5) is 52.7 Å². The minimum absolute atomic E-state index is 0.0347. The van der Waals surface area contributed by atoms with E-state index < -0.39 is 76.5 Å². The van der Waals surface area contributed by atoms with E-state index in [-0.39, 0.29) is 79.4 Å². The molecule has 9 saturated carbocycles. The number of methoxy groups -OCH3 is 4. The van der Waals surface area contributed by atoms with Crippen LogP contribution in [0.25, 0.3) is 0 Å². The first-order valence-electron chi connectivity index (χ1n) is 35.5. The van der Waals surface area contributed by atoms with Gasteiger partial charge in [0.15, 0.2) is 28.2 Å². The monoisotopic (exact) mass is 1500 g/mol. The van der Waals surface area contributed by atoms with Gasteiger partial charge in [-0.2, -0.15) is 52.7 Å². The molecule has 0 aliphatic heterocycles. The van der Waals surface area contributed by atoms with Crippen molar-refractivity contribution in [3.05, 3.63) is 61.3 Å². The zero-order valence-corrected chi connectivity index (χ0v) is 63.0. The third-order valence-electron chi connectivity index (χ3n) is 21.8. The quantitative estimate of drug-likeness (QED) is 0.0419. The first kappa shape index (κ1) is 96.2. The van der Waals surface area contributed by atoms with Crippen molar-refractivity contribution in [1.29, 1.82) is 0 Å². The Kier molecular flexibility index (Phi) is 38.2. The average Bonchev–Trinajstić information content (AvgIpc) is 1.66. The molecule has 5 N–H and O–H groups in total. The van der Waals surface area contributed by atoms with Crippen molar-refractivity contribution >= 4 is 29.7 Å². The highest BCUT2D eigenvalue weighted by atomic mass is 19.4. The Morgan fingerprint density at radius 2 is 0.738 bits per heavy atom. The third kappa shape index (κ3) is 31.5. The molecule has 9 aliphatic rings. The largest absolute Gasteiger partial charge is 0.466 e. The fraction of sp³-hybridized carbons (Fsp3) is 0.803. The minimum Gasteiger partial charge on any atom is -0.466 e. The van der Waals surface area contributed by atoms with Crippen LogP contribution in [0, 0.1) is 76.9 Å². The van der Waals surface area contributed by atoms with Gasteiger partial charge >= 0.3 is 48.6 Å². The Morgan fingerprint density at radius 3 is 0.932 bits per heavy atom. The molecule has 0 spiro atoms. The number of alkyl halides is 12. The maximum Gasteiger partial charge on any atom is 0.417 e. The van der Waals surface area contributed by atoms with Crippen molar-refractivity contribution in [2.45, 2.75) is 276 Å². The van der Waals surface area contributed by atoms with Crippen LogP contribution in [-0.2, 0) is 47.7 Å². The molecule has 0 saturated heterocycles. The van der Waals surface area contributed by atoms with Crippen LogP contribution in [0.2, 0.25) is 0 Å². The molecule has 16 atom stereocenters. The topological polar surface area (TPSA) is 233 Å². The van der Waals surface area contributed by atoms with E-state index >= 15 is 0 Å². The van der Waals surface area contributed by atoms with Crippen LogP contribution < -0.4 is 0 Å². The Balaban J connectivity index is 0.000000593. The van der Waals surface area contributed by atoms with Gasteiger partial charge in [0.05, 0.1) is 26.9 Å². The third-order valence-corrected chi connectivity index (χ3v) is 21.8. The molecule has 27 heteroatoms. The van der Waals surface area contributed by atoms with E-state index in [0.29, 0.717) is 65.6 Å². The number of Topliss-reactive ketones (excluding diaryl/α,β-unsaturated/α-hetero) is 1. The van der Waals surface area contributed by atoms with Crippen LogP contribution >= 0.6 is 0 Å². The standard InChI is InChI=1S/C13H19F3O3.2C11H17F3O.C11H20O.C10H15F3O.C6H10O2.2C5H8O2.C4H6O2/c1-8(2)11(17)19-10-6-4-9(5-7-10)12(3,18)13(14,15)16;2*1-10(15,11(12,13)14)6-9-5-7-2-3-8(9)4-7;1-11(2,12)7-10-6-8-3-4-9(10)5-8;1-9(14,10(11,12)13)8-5-6-2-3-7(8)4-6;1-5(2)6(7)4-8-3;2*1-4(2)5(6)7-3;1-3-4(5)6-2/h9-10,18H,1,4-7H2,2-3H3;2*7-9,15H,2-6H2,1H3;8-10,12H,3-7H2,1-2H3;6-8,14H,2-5H2,1H3;1,4H2,2-3H3;2*1H2,2-3H3;3H,1H2,2H3. The van der Waals surface area contributed by atoms with E-state index in [2.05, 4.69) is 51.8 Å². The number of fused-ring (bicyclic) bond motifs is 8. The van der Waals surface area contributed by atoms with Crippen molar-refractivity contribution in [3.8, 4) is 0 Å². The number of hydrogen-bond acceptors (Lipinski definition) is 15. The van der Waals surface area contributed by atoms with Gasteiger partial charge in [-0.25, -0.2) is 19.2 Å². The number of hydrogen-bond donors (Lipinski definition) is 5. The van der Waals surface area contributed by atoms with E-state index in [0.717, 1.165) is 116 Å². The molecule has 0 radical (unpaired) electrons. The number of carbonyl (C=O) groups is 5. The second-order valence-electron chi connectivity index (χ2n) is 31.4. The van der Waals surface area contributed by atoms with E-state index in [1.54, 1.807) is 20.8 Å². The highest BCUT2D eigenvalue weighted by molar-refractivity contribution is 5.95. The lowest BCUT2D eigenvalue weighted by molar-refractivity contribution is -0.277. The van der Waals surface area contributed by atoms with Gasteiger partial charge in [0.1, 0.15) is 12.7 Å². The van der Waals surface area contributed by atoms with Crippen LogP contribution in [0.5, 0.6) is 0 Å². The summed E-state index contributed by atoms with van der Waals surface area (Å²) in [5, 5.41) is 47.7. The van der Waals surface area contributed by atoms with Gasteiger partial charge in [-0.1, -0.05) is 58.6 Å². The Morgan fingerprint density at radius 1 is 0.408 bits per heavy atom. The van der Waals surface area contributed by atoms with Crippen LogP contribution in [0.15, 0.2) is 61.3 Å². The highest BCUT2D eigenvalue weighted by Gasteiger charge is 2.61. The molecule has 0 heterocycles. The number of ketones is 1. The van der Waals surface area contributed by atoms with Gasteiger partial charge in [-0.3, -0.25) is 4.79 Å². The summed E-state index contributed by atoms with van der Waals surface area (Å²) in [5.41, 5.74) is -8.91. The summed E-state index contributed by atoms with van der Waals surface area (Å²) >= 11 is 0. The number of ether oxygens (including phenoxy) is 5. The normalized spacial score (nSPS) is 29.0. The first-order valence-corrected chi connectivity index (χ1v) is 35.5. The van der Waals surface area contributed by atoms with E-state index in [1.807, 2.05) is 13.8 Å². The van der Waals surface area contributed by atoms with Gasteiger partial charge in [0, 0.05) is 29.9 Å². The summed E-state index contributed by atoms with van der Waals surface area (Å²) in [6.07, 6.45) is 1.95. The lowest BCUT2D eigenvalue weighted by Gasteiger charge is -2.38. The number of esters is 4.